The van der Waals surface area contributed by atoms with Gasteiger partial charge in [-0.2, -0.15) is 0 Å². The quantitative estimate of drug-likeness (QED) is 0.766. The number of carbonyl (C=O) groups excluding carboxylic acids is 1. The molecule has 2 rings (SSSR count). The Balaban J connectivity index is 2.19. The molecule has 0 fully saturated rings. The lowest BCUT2D eigenvalue weighted by Gasteiger charge is -2.09. The first-order valence-electron chi connectivity index (χ1n) is 7.34. The Morgan fingerprint density at radius 2 is 2.00 bits per heavy atom. The number of ether oxygens (including phenoxy) is 2. The van der Waals surface area contributed by atoms with Crippen LogP contribution in [0.1, 0.15) is 23.0 Å². The molecular formula is C16H20N2O5S. The van der Waals surface area contributed by atoms with Crippen molar-refractivity contribution in [1.29, 1.82) is 0 Å². The number of hydrogen-bond donors (Lipinski definition) is 1. The minimum absolute atomic E-state index is 0.00273. The van der Waals surface area contributed by atoms with Crippen molar-refractivity contribution < 1.29 is 22.7 Å². The van der Waals surface area contributed by atoms with E-state index in [9.17, 15) is 13.2 Å². The van der Waals surface area contributed by atoms with E-state index < -0.39 is 16.0 Å². The van der Waals surface area contributed by atoms with Gasteiger partial charge in [0.05, 0.1) is 13.7 Å². The van der Waals surface area contributed by atoms with Crippen LogP contribution in [0.2, 0.25) is 0 Å². The Morgan fingerprint density at radius 1 is 1.29 bits per heavy atom. The van der Waals surface area contributed by atoms with E-state index in [1.54, 1.807) is 38.2 Å². The maximum absolute atomic E-state index is 12.4. The SMILES string of the molecule is CCOC(=O)c1cc(S(=O)(=O)NCc2ccccc2OC)cn1C. The van der Waals surface area contributed by atoms with E-state index in [2.05, 4.69) is 4.72 Å². The maximum atomic E-state index is 12.4. The molecule has 0 aliphatic carbocycles. The third-order valence-electron chi connectivity index (χ3n) is 3.42. The Bertz CT molecular complexity index is 827. The van der Waals surface area contributed by atoms with Gasteiger partial charge in [-0.1, -0.05) is 18.2 Å². The molecule has 0 aliphatic rings. The molecule has 130 valence electrons. The van der Waals surface area contributed by atoms with E-state index >= 15 is 0 Å². The molecule has 0 radical (unpaired) electrons. The highest BCUT2D eigenvalue weighted by atomic mass is 32.2. The van der Waals surface area contributed by atoms with Crippen LogP contribution in [0.5, 0.6) is 5.75 Å². The number of hydrogen-bond acceptors (Lipinski definition) is 5. The van der Waals surface area contributed by atoms with E-state index in [0.29, 0.717) is 11.3 Å². The molecule has 0 amide bonds. The van der Waals surface area contributed by atoms with Gasteiger partial charge in [0.2, 0.25) is 10.0 Å². The highest BCUT2D eigenvalue weighted by molar-refractivity contribution is 7.89. The molecule has 2 aromatic rings. The zero-order valence-corrected chi connectivity index (χ0v) is 14.6. The predicted octanol–water partition coefficient (Wildman–Crippen LogP) is 1.69. The number of nitrogens with one attached hydrogen (secondary N) is 1. The van der Waals surface area contributed by atoms with Gasteiger partial charge in [0.25, 0.3) is 0 Å². The molecule has 1 heterocycles. The molecule has 0 unspecified atom stereocenters. The molecule has 0 spiro atoms. The summed E-state index contributed by atoms with van der Waals surface area (Å²) < 4.78 is 38.9. The Hall–Kier alpha value is -2.32. The summed E-state index contributed by atoms with van der Waals surface area (Å²) in [4.78, 5) is 11.8. The largest absolute Gasteiger partial charge is 0.496 e. The molecule has 1 aromatic carbocycles. The van der Waals surface area contributed by atoms with Crippen LogP contribution in [-0.4, -0.2) is 32.7 Å². The van der Waals surface area contributed by atoms with Crippen molar-refractivity contribution in [2.75, 3.05) is 13.7 Å². The number of aromatic nitrogens is 1. The number of rotatable bonds is 7. The van der Waals surface area contributed by atoms with Gasteiger partial charge in [-0.05, 0) is 19.1 Å². The number of sulfonamides is 1. The van der Waals surface area contributed by atoms with Crippen LogP contribution in [0.3, 0.4) is 0 Å². The first-order chi connectivity index (χ1) is 11.4. The van der Waals surface area contributed by atoms with Crippen LogP contribution >= 0.6 is 0 Å². The minimum Gasteiger partial charge on any atom is -0.496 e. The third-order valence-corrected chi connectivity index (χ3v) is 4.79. The fourth-order valence-electron chi connectivity index (χ4n) is 2.19. The van der Waals surface area contributed by atoms with Crippen LogP contribution in [0.4, 0.5) is 0 Å². The standard InChI is InChI=1S/C16H20N2O5S/c1-4-23-16(19)14-9-13(11-18(14)2)24(20,21)17-10-12-7-5-6-8-15(12)22-3/h5-9,11,17H,4,10H2,1-3H3. The zero-order chi connectivity index (χ0) is 17.7. The highest BCUT2D eigenvalue weighted by Crippen LogP contribution is 2.19. The van der Waals surface area contributed by atoms with Crippen LogP contribution in [0, 0.1) is 0 Å². The number of methoxy groups -OCH3 is 1. The molecule has 0 atom stereocenters. The van der Waals surface area contributed by atoms with E-state index in [0.717, 1.165) is 0 Å². The van der Waals surface area contributed by atoms with Crippen LogP contribution < -0.4 is 9.46 Å². The second-order valence-corrected chi connectivity index (χ2v) is 6.80. The topological polar surface area (TPSA) is 86.6 Å². The summed E-state index contributed by atoms with van der Waals surface area (Å²) in [7, 11) is -0.655. The average molecular weight is 352 g/mol. The highest BCUT2D eigenvalue weighted by Gasteiger charge is 2.21. The van der Waals surface area contributed by atoms with Gasteiger partial charge in [-0.3, -0.25) is 0 Å². The number of para-hydroxylation sites is 1. The molecule has 8 heteroatoms. The third kappa shape index (κ3) is 3.95. The zero-order valence-electron chi connectivity index (χ0n) is 13.8. The second-order valence-electron chi connectivity index (χ2n) is 5.03. The van der Waals surface area contributed by atoms with Gasteiger partial charge < -0.3 is 14.0 Å². The lowest BCUT2D eigenvalue weighted by Crippen LogP contribution is -2.23. The molecule has 0 saturated carbocycles. The summed E-state index contributed by atoms with van der Waals surface area (Å²) >= 11 is 0. The van der Waals surface area contributed by atoms with Gasteiger partial charge in [0.1, 0.15) is 16.3 Å². The fraction of sp³-hybridized carbons (Fsp3) is 0.312. The lowest BCUT2D eigenvalue weighted by atomic mass is 10.2. The monoisotopic (exact) mass is 352 g/mol. The summed E-state index contributed by atoms with van der Waals surface area (Å²) in [6.07, 6.45) is 1.37. The molecule has 7 nitrogen and oxygen atoms in total. The summed E-state index contributed by atoms with van der Waals surface area (Å²) in [5.74, 6) is 0.0339. The van der Waals surface area contributed by atoms with E-state index in [-0.39, 0.29) is 23.7 Å². The van der Waals surface area contributed by atoms with Crippen molar-refractivity contribution in [1.82, 2.24) is 9.29 Å². The summed E-state index contributed by atoms with van der Waals surface area (Å²) in [5.41, 5.74) is 0.889. The number of esters is 1. The smallest absolute Gasteiger partial charge is 0.354 e. The average Bonchev–Trinajstić information content (AvgIpc) is 2.96. The first kappa shape index (κ1) is 18.0. The molecule has 0 aliphatic heterocycles. The fourth-order valence-corrected chi connectivity index (χ4v) is 3.27. The Morgan fingerprint density at radius 3 is 2.67 bits per heavy atom. The van der Waals surface area contributed by atoms with Crippen molar-refractivity contribution in [2.45, 2.75) is 18.4 Å². The normalized spacial score (nSPS) is 11.3. The van der Waals surface area contributed by atoms with Crippen molar-refractivity contribution in [2.24, 2.45) is 7.05 Å². The van der Waals surface area contributed by atoms with Gasteiger partial charge in [-0.25, -0.2) is 17.9 Å². The number of aryl methyl sites for hydroxylation is 1. The van der Waals surface area contributed by atoms with Crippen LogP contribution in [-0.2, 0) is 28.4 Å². The number of benzene rings is 1. The second kappa shape index (κ2) is 7.50. The molecule has 1 aromatic heterocycles. The van der Waals surface area contributed by atoms with E-state index in [1.165, 1.54) is 23.9 Å². The summed E-state index contributed by atoms with van der Waals surface area (Å²) in [6, 6.07) is 8.43. The number of nitrogens with zero attached hydrogens (tertiary/aromatic N) is 1. The Kier molecular flexibility index (Phi) is 5.63. The van der Waals surface area contributed by atoms with E-state index in [4.69, 9.17) is 9.47 Å². The predicted molar refractivity (Wildman–Crippen MR) is 88.4 cm³/mol. The summed E-state index contributed by atoms with van der Waals surface area (Å²) in [5, 5.41) is 0. The summed E-state index contributed by atoms with van der Waals surface area (Å²) in [6.45, 7) is 1.99. The lowest BCUT2D eigenvalue weighted by molar-refractivity contribution is 0.0515. The molecule has 24 heavy (non-hydrogen) atoms. The molecule has 1 N–H and O–H groups in total. The van der Waals surface area contributed by atoms with Crippen molar-refractivity contribution in [3.63, 3.8) is 0 Å². The van der Waals surface area contributed by atoms with Crippen molar-refractivity contribution >= 4 is 16.0 Å². The molecule has 0 saturated heterocycles. The van der Waals surface area contributed by atoms with Crippen molar-refractivity contribution in [3.8, 4) is 5.75 Å². The van der Waals surface area contributed by atoms with Gasteiger partial charge >= 0.3 is 5.97 Å². The molecule has 0 bridgehead atoms. The molecular weight excluding hydrogens is 332 g/mol. The minimum atomic E-state index is -3.77. The van der Waals surface area contributed by atoms with Crippen molar-refractivity contribution in [3.05, 3.63) is 47.8 Å². The number of carbonyl (C=O) groups is 1. The van der Waals surface area contributed by atoms with Gasteiger partial charge in [-0.15, -0.1) is 0 Å². The Labute approximate surface area is 141 Å². The van der Waals surface area contributed by atoms with Gasteiger partial charge in [0.15, 0.2) is 0 Å². The van der Waals surface area contributed by atoms with E-state index in [1.807, 2.05) is 0 Å². The first-order valence-corrected chi connectivity index (χ1v) is 8.82. The van der Waals surface area contributed by atoms with Gasteiger partial charge in [0, 0.05) is 25.4 Å². The maximum Gasteiger partial charge on any atom is 0.354 e. The van der Waals surface area contributed by atoms with Crippen LogP contribution in [0.15, 0.2) is 41.4 Å². The van der Waals surface area contributed by atoms with Crippen LogP contribution in [0.25, 0.3) is 0 Å².